The van der Waals surface area contributed by atoms with Gasteiger partial charge in [-0.25, -0.2) is 9.59 Å². The molecule has 0 aliphatic heterocycles. The Morgan fingerprint density at radius 1 is 1.00 bits per heavy atom. The number of amides is 2. The van der Waals surface area contributed by atoms with E-state index in [9.17, 15) is 14.4 Å². The summed E-state index contributed by atoms with van der Waals surface area (Å²) >= 11 is 0. The van der Waals surface area contributed by atoms with Crippen molar-refractivity contribution in [2.45, 2.75) is 85.4 Å². The van der Waals surface area contributed by atoms with Gasteiger partial charge in [-0.1, -0.05) is 40.5 Å². The topological polar surface area (TPSA) is 93.7 Å². The maximum Gasteiger partial charge on any atom is 0.408 e. The SMILES string of the molecule is CCCC[C@H](NC(=O)[C@@H](NC(=O)OC(C)(C)C)C(C)(C)C)C(=O)OC. The quantitative estimate of drug-likeness (QED) is 0.683. The first kappa shape index (κ1) is 23.2. The maximum absolute atomic E-state index is 12.7. The highest BCUT2D eigenvalue weighted by atomic mass is 16.6. The van der Waals surface area contributed by atoms with Crippen molar-refractivity contribution in [2.75, 3.05) is 7.11 Å². The molecule has 0 aromatic carbocycles. The molecule has 0 aromatic rings. The predicted molar refractivity (Wildman–Crippen MR) is 96.1 cm³/mol. The number of rotatable bonds is 7. The molecule has 2 atom stereocenters. The minimum atomic E-state index is -0.851. The van der Waals surface area contributed by atoms with E-state index in [1.165, 1.54) is 7.11 Å². The molecule has 7 heteroatoms. The molecule has 0 aliphatic carbocycles. The molecule has 0 rings (SSSR count). The second kappa shape index (κ2) is 9.63. The smallest absolute Gasteiger partial charge is 0.408 e. The first-order chi connectivity index (χ1) is 11.3. The van der Waals surface area contributed by atoms with E-state index in [0.29, 0.717) is 6.42 Å². The van der Waals surface area contributed by atoms with E-state index in [4.69, 9.17) is 9.47 Å². The minimum Gasteiger partial charge on any atom is -0.467 e. The van der Waals surface area contributed by atoms with Gasteiger partial charge in [-0.3, -0.25) is 4.79 Å². The minimum absolute atomic E-state index is 0.440. The van der Waals surface area contributed by atoms with Gasteiger partial charge in [0.25, 0.3) is 0 Å². The zero-order valence-corrected chi connectivity index (χ0v) is 16.8. The fraction of sp³-hybridized carbons (Fsp3) is 0.833. The molecule has 0 bridgehead atoms. The fourth-order valence-electron chi connectivity index (χ4n) is 2.16. The molecule has 0 aliphatic rings. The molecule has 7 nitrogen and oxygen atoms in total. The lowest BCUT2D eigenvalue weighted by molar-refractivity contribution is -0.145. The number of ether oxygens (including phenoxy) is 2. The van der Waals surface area contributed by atoms with Gasteiger partial charge >= 0.3 is 12.1 Å². The second-order valence-corrected chi connectivity index (χ2v) is 8.17. The molecule has 2 amide bonds. The first-order valence-electron chi connectivity index (χ1n) is 8.69. The van der Waals surface area contributed by atoms with Crippen LogP contribution in [0.15, 0.2) is 0 Å². The third-order valence-corrected chi connectivity index (χ3v) is 3.44. The lowest BCUT2D eigenvalue weighted by atomic mass is 9.86. The standard InChI is InChI=1S/C18H34N2O5/c1-9-10-11-12(15(22)24-8)19-14(21)13(17(2,3)4)20-16(23)25-18(5,6)7/h12-13H,9-11H2,1-8H3,(H,19,21)(H,20,23)/t12-,13+/m0/s1. The van der Waals surface area contributed by atoms with E-state index in [2.05, 4.69) is 10.6 Å². The van der Waals surface area contributed by atoms with Crippen LogP contribution in [-0.4, -0.2) is 42.8 Å². The van der Waals surface area contributed by atoms with Gasteiger partial charge in [0.2, 0.25) is 5.91 Å². The molecule has 0 saturated carbocycles. The van der Waals surface area contributed by atoms with Gasteiger partial charge in [-0.2, -0.15) is 0 Å². The fourth-order valence-corrected chi connectivity index (χ4v) is 2.16. The van der Waals surface area contributed by atoms with E-state index in [1.54, 1.807) is 20.8 Å². The lowest BCUT2D eigenvalue weighted by Gasteiger charge is -2.32. The Kier molecular flexibility index (Phi) is 8.94. The summed E-state index contributed by atoms with van der Waals surface area (Å²) in [6.45, 7) is 12.7. The summed E-state index contributed by atoms with van der Waals surface area (Å²) in [6.07, 6.45) is 1.48. The molecule has 0 spiro atoms. The molecular weight excluding hydrogens is 324 g/mol. The molecule has 0 heterocycles. The Morgan fingerprint density at radius 2 is 1.56 bits per heavy atom. The van der Waals surface area contributed by atoms with Crippen molar-refractivity contribution in [3.63, 3.8) is 0 Å². The summed E-state index contributed by atoms with van der Waals surface area (Å²) in [5.74, 6) is -0.934. The van der Waals surface area contributed by atoms with Crippen LogP contribution in [0.25, 0.3) is 0 Å². The number of esters is 1. The molecule has 0 fully saturated rings. The van der Waals surface area contributed by atoms with Gasteiger partial charge in [0.1, 0.15) is 17.7 Å². The van der Waals surface area contributed by atoms with E-state index in [1.807, 2.05) is 27.7 Å². The summed E-state index contributed by atoms with van der Waals surface area (Å²) in [4.78, 5) is 36.6. The number of carbonyl (C=O) groups excluding carboxylic acids is 3. The normalized spacial score (nSPS) is 14.2. The van der Waals surface area contributed by atoms with Crippen LogP contribution in [0.1, 0.15) is 67.7 Å². The van der Waals surface area contributed by atoms with Crippen LogP contribution in [-0.2, 0) is 19.1 Å². The summed E-state index contributed by atoms with van der Waals surface area (Å²) in [6, 6.07) is -1.58. The van der Waals surface area contributed by atoms with Crippen LogP contribution in [0.5, 0.6) is 0 Å². The molecule has 0 aromatic heterocycles. The van der Waals surface area contributed by atoms with Crippen LogP contribution < -0.4 is 10.6 Å². The van der Waals surface area contributed by atoms with Crippen molar-refractivity contribution >= 4 is 18.0 Å². The molecule has 0 unspecified atom stereocenters. The number of hydrogen-bond donors (Lipinski definition) is 2. The molecule has 0 radical (unpaired) electrons. The number of unbranched alkanes of at least 4 members (excludes halogenated alkanes) is 1. The molecular formula is C18H34N2O5. The van der Waals surface area contributed by atoms with Crippen LogP contribution in [0.4, 0.5) is 4.79 Å². The Bertz CT molecular complexity index is 463. The van der Waals surface area contributed by atoms with Crippen molar-refractivity contribution in [3.8, 4) is 0 Å². The van der Waals surface area contributed by atoms with Gasteiger partial charge in [-0.05, 0) is 32.6 Å². The lowest BCUT2D eigenvalue weighted by Crippen LogP contribution is -2.57. The highest BCUT2D eigenvalue weighted by Gasteiger charge is 2.36. The summed E-state index contributed by atoms with van der Waals surface area (Å²) in [7, 11) is 1.29. The van der Waals surface area contributed by atoms with Crippen LogP contribution in [0, 0.1) is 5.41 Å². The second-order valence-electron chi connectivity index (χ2n) is 8.17. The monoisotopic (exact) mass is 358 g/mol. The summed E-state index contributed by atoms with van der Waals surface area (Å²) in [5.41, 5.74) is -1.23. The molecule has 2 N–H and O–H groups in total. The molecule has 25 heavy (non-hydrogen) atoms. The Labute approximate surface area is 151 Å². The van der Waals surface area contributed by atoms with Crippen LogP contribution in [0.2, 0.25) is 0 Å². The largest absolute Gasteiger partial charge is 0.467 e. The Balaban J connectivity index is 5.16. The highest BCUT2D eigenvalue weighted by Crippen LogP contribution is 2.21. The third kappa shape index (κ3) is 9.31. The Morgan fingerprint density at radius 3 is 1.96 bits per heavy atom. The maximum atomic E-state index is 12.7. The zero-order valence-electron chi connectivity index (χ0n) is 16.8. The van der Waals surface area contributed by atoms with Crippen LogP contribution >= 0.6 is 0 Å². The van der Waals surface area contributed by atoms with Crippen molar-refractivity contribution in [2.24, 2.45) is 5.41 Å². The number of nitrogens with one attached hydrogen (secondary N) is 2. The molecule has 0 saturated heterocycles. The summed E-state index contributed by atoms with van der Waals surface area (Å²) < 4.78 is 9.99. The zero-order chi connectivity index (χ0) is 19.8. The third-order valence-electron chi connectivity index (χ3n) is 3.44. The van der Waals surface area contributed by atoms with Gasteiger partial charge in [-0.15, -0.1) is 0 Å². The Hall–Kier alpha value is -1.79. The van der Waals surface area contributed by atoms with Crippen molar-refractivity contribution in [1.82, 2.24) is 10.6 Å². The van der Waals surface area contributed by atoms with E-state index < -0.39 is 41.1 Å². The highest BCUT2D eigenvalue weighted by molar-refractivity contribution is 5.90. The average molecular weight is 358 g/mol. The number of methoxy groups -OCH3 is 1. The summed E-state index contributed by atoms with van der Waals surface area (Å²) in [5, 5.41) is 5.30. The van der Waals surface area contributed by atoms with E-state index in [0.717, 1.165) is 12.8 Å². The number of carbonyl (C=O) groups is 3. The van der Waals surface area contributed by atoms with Gasteiger partial charge in [0, 0.05) is 0 Å². The van der Waals surface area contributed by atoms with E-state index >= 15 is 0 Å². The van der Waals surface area contributed by atoms with E-state index in [-0.39, 0.29) is 0 Å². The van der Waals surface area contributed by atoms with Crippen LogP contribution in [0.3, 0.4) is 0 Å². The molecule has 146 valence electrons. The average Bonchev–Trinajstić information content (AvgIpc) is 2.45. The van der Waals surface area contributed by atoms with Crippen molar-refractivity contribution in [3.05, 3.63) is 0 Å². The predicted octanol–water partition coefficient (Wildman–Crippen LogP) is 2.77. The number of hydrogen-bond acceptors (Lipinski definition) is 5. The number of alkyl carbamates (subject to hydrolysis) is 1. The van der Waals surface area contributed by atoms with Gasteiger partial charge in [0.15, 0.2) is 0 Å². The first-order valence-corrected chi connectivity index (χ1v) is 8.69. The van der Waals surface area contributed by atoms with Gasteiger partial charge < -0.3 is 20.1 Å². The van der Waals surface area contributed by atoms with Gasteiger partial charge in [0.05, 0.1) is 7.11 Å². The van der Waals surface area contributed by atoms with Crippen molar-refractivity contribution in [1.29, 1.82) is 0 Å². The van der Waals surface area contributed by atoms with Crippen molar-refractivity contribution < 1.29 is 23.9 Å².